The number of sulfone groups is 1. The van der Waals surface area contributed by atoms with Gasteiger partial charge in [0, 0.05) is 37.9 Å². The smallest absolute Gasteiger partial charge is 0.317 e. The fourth-order valence-corrected chi connectivity index (χ4v) is 5.29. The minimum absolute atomic E-state index is 0.0705. The lowest BCUT2D eigenvalue weighted by atomic mass is 10.1. The molecule has 0 aliphatic carbocycles. The molecule has 2 amide bonds. The number of para-hydroxylation sites is 1. The first kappa shape index (κ1) is 17.1. The first-order valence-electron chi connectivity index (χ1n) is 8.43. The van der Waals surface area contributed by atoms with Gasteiger partial charge in [0.2, 0.25) is 0 Å². The van der Waals surface area contributed by atoms with Gasteiger partial charge in [0.15, 0.2) is 9.84 Å². The van der Waals surface area contributed by atoms with Crippen LogP contribution in [0.4, 0.5) is 10.5 Å². The van der Waals surface area contributed by atoms with Gasteiger partial charge in [-0.2, -0.15) is 0 Å². The van der Waals surface area contributed by atoms with Gasteiger partial charge in [-0.3, -0.25) is 0 Å². The molecule has 0 bridgehead atoms. The van der Waals surface area contributed by atoms with E-state index in [9.17, 15) is 13.2 Å². The zero-order valence-electron chi connectivity index (χ0n) is 14.3. The number of piperazine rings is 1. The molecular weight excluding hydrogens is 326 g/mol. The molecule has 1 atom stereocenters. The number of aryl methyl sites for hydroxylation is 2. The van der Waals surface area contributed by atoms with E-state index in [0.29, 0.717) is 19.5 Å². The molecule has 7 heteroatoms. The van der Waals surface area contributed by atoms with Crippen molar-refractivity contribution in [3.63, 3.8) is 0 Å². The Labute approximate surface area is 143 Å². The molecule has 1 aromatic rings. The van der Waals surface area contributed by atoms with E-state index >= 15 is 0 Å². The van der Waals surface area contributed by atoms with Crippen LogP contribution >= 0.6 is 0 Å². The maximum Gasteiger partial charge on any atom is 0.317 e. The molecule has 1 unspecified atom stereocenters. The minimum Gasteiger partial charge on any atom is -0.368 e. The fourth-order valence-electron chi connectivity index (χ4n) is 3.61. The van der Waals surface area contributed by atoms with Gasteiger partial charge in [0.05, 0.1) is 11.5 Å². The highest BCUT2D eigenvalue weighted by molar-refractivity contribution is 7.91. The third-order valence-corrected chi connectivity index (χ3v) is 6.65. The number of hydrogen-bond acceptors (Lipinski definition) is 4. The lowest BCUT2D eigenvalue weighted by molar-refractivity contribution is 0.191. The molecule has 2 aliphatic rings. The second-order valence-corrected chi connectivity index (χ2v) is 8.99. The van der Waals surface area contributed by atoms with Crippen LogP contribution in [0.5, 0.6) is 0 Å². The highest BCUT2D eigenvalue weighted by Crippen LogP contribution is 2.25. The van der Waals surface area contributed by atoms with Crippen LogP contribution in [0.15, 0.2) is 18.2 Å². The number of carbonyl (C=O) groups excluding carboxylic acids is 1. The molecule has 1 aromatic carbocycles. The van der Waals surface area contributed by atoms with Gasteiger partial charge in [-0.25, -0.2) is 13.2 Å². The number of nitrogens with zero attached hydrogens (tertiary/aromatic N) is 2. The standard InChI is InChI=1S/C17H25N3O3S/c1-13-4-3-5-14(2)16(13)19-7-9-20(10-8-19)17(21)18-15-6-11-24(22,23)12-15/h3-5,15H,6-12H2,1-2H3,(H,18,21). The molecule has 2 fully saturated rings. The SMILES string of the molecule is Cc1cccc(C)c1N1CCN(C(=O)NC2CCS(=O)(=O)C2)CC1. The van der Waals surface area contributed by atoms with E-state index in [-0.39, 0.29) is 23.6 Å². The molecule has 0 saturated carbocycles. The molecule has 0 radical (unpaired) electrons. The van der Waals surface area contributed by atoms with Crippen LogP contribution in [0.2, 0.25) is 0 Å². The Hall–Kier alpha value is -1.76. The average Bonchev–Trinajstić information content (AvgIpc) is 2.86. The summed E-state index contributed by atoms with van der Waals surface area (Å²) in [7, 11) is -2.97. The van der Waals surface area contributed by atoms with Crippen molar-refractivity contribution < 1.29 is 13.2 Å². The Balaban J connectivity index is 1.56. The molecule has 132 valence electrons. The third kappa shape index (κ3) is 3.66. The highest BCUT2D eigenvalue weighted by atomic mass is 32.2. The quantitative estimate of drug-likeness (QED) is 0.872. The van der Waals surface area contributed by atoms with Crippen LogP contribution in [0.25, 0.3) is 0 Å². The number of rotatable bonds is 2. The largest absolute Gasteiger partial charge is 0.368 e. The number of benzene rings is 1. The Morgan fingerprint density at radius 3 is 2.29 bits per heavy atom. The van der Waals surface area contributed by atoms with Gasteiger partial charge in [-0.1, -0.05) is 18.2 Å². The van der Waals surface area contributed by atoms with Crippen molar-refractivity contribution in [3.05, 3.63) is 29.3 Å². The average molecular weight is 351 g/mol. The molecule has 0 spiro atoms. The summed E-state index contributed by atoms with van der Waals surface area (Å²) in [6.45, 7) is 7.12. The maximum absolute atomic E-state index is 12.3. The van der Waals surface area contributed by atoms with E-state index in [1.54, 1.807) is 4.90 Å². The highest BCUT2D eigenvalue weighted by Gasteiger charge is 2.31. The molecular formula is C17H25N3O3S. The van der Waals surface area contributed by atoms with Crippen LogP contribution < -0.4 is 10.2 Å². The van der Waals surface area contributed by atoms with Crippen LogP contribution in [0.3, 0.4) is 0 Å². The van der Waals surface area contributed by atoms with Crippen molar-refractivity contribution in [2.45, 2.75) is 26.3 Å². The minimum atomic E-state index is -2.97. The topological polar surface area (TPSA) is 69.7 Å². The number of nitrogens with one attached hydrogen (secondary N) is 1. The Kier molecular flexibility index (Phi) is 4.71. The molecule has 2 saturated heterocycles. The fraction of sp³-hybridized carbons (Fsp3) is 0.588. The van der Waals surface area contributed by atoms with Gasteiger partial charge in [-0.15, -0.1) is 0 Å². The van der Waals surface area contributed by atoms with Crippen molar-refractivity contribution in [2.24, 2.45) is 0 Å². The second kappa shape index (κ2) is 6.63. The zero-order chi connectivity index (χ0) is 17.3. The number of carbonyl (C=O) groups is 1. The molecule has 0 aromatic heterocycles. The van der Waals surface area contributed by atoms with Gasteiger partial charge in [-0.05, 0) is 31.4 Å². The van der Waals surface area contributed by atoms with E-state index in [0.717, 1.165) is 13.1 Å². The lowest BCUT2D eigenvalue weighted by Gasteiger charge is -2.37. The monoisotopic (exact) mass is 351 g/mol. The first-order valence-corrected chi connectivity index (χ1v) is 10.2. The molecule has 24 heavy (non-hydrogen) atoms. The van der Waals surface area contributed by atoms with Gasteiger partial charge in [0.25, 0.3) is 0 Å². The van der Waals surface area contributed by atoms with Gasteiger partial charge >= 0.3 is 6.03 Å². The van der Waals surface area contributed by atoms with Crippen LogP contribution in [-0.4, -0.2) is 63.1 Å². The van der Waals surface area contributed by atoms with Crippen LogP contribution in [0.1, 0.15) is 17.5 Å². The summed E-state index contributed by atoms with van der Waals surface area (Å²) in [5, 5.41) is 2.87. The van der Waals surface area contributed by atoms with Crippen LogP contribution in [0, 0.1) is 13.8 Å². The predicted octanol–water partition coefficient (Wildman–Crippen LogP) is 1.32. The van der Waals surface area contributed by atoms with Gasteiger partial charge in [0.1, 0.15) is 0 Å². The maximum atomic E-state index is 12.3. The summed E-state index contributed by atoms with van der Waals surface area (Å²) in [4.78, 5) is 16.5. The van der Waals surface area contributed by atoms with E-state index in [1.165, 1.54) is 16.8 Å². The molecule has 2 heterocycles. The molecule has 6 nitrogen and oxygen atoms in total. The molecule has 3 rings (SSSR count). The normalized spacial score (nSPS) is 23.3. The van der Waals surface area contributed by atoms with Crippen molar-refractivity contribution >= 4 is 21.6 Å². The van der Waals surface area contributed by atoms with Crippen molar-refractivity contribution in [1.82, 2.24) is 10.2 Å². The summed E-state index contributed by atoms with van der Waals surface area (Å²) in [6.07, 6.45) is 0.524. The van der Waals surface area contributed by atoms with Crippen molar-refractivity contribution in [1.29, 1.82) is 0 Å². The number of hydrogen-bond donors (Lipinski definition) is 1. The lowest BCUT2D eigenvalue weighted by Crippen LogP contribution is -2.54. The number of urea groups is 1. The van der Waals surface area contributed by atoms with E-state index in [4.69, 9.17) is 0 Å². The van der Waals surface area contributed by atoms with Crippen molar-refractivity contribution in [3.8, 4) is 0 Å². The van der Waals surface area contributed by atoms with Crippen LogP contribution in [-0.2, 0) is 9.84 Å². The number of amides is 2. The summed E-state index contributed by atoms with van der Waals surface area (Å²) in [6, 6.07) is 5.91. The van der Waals surface area contributed by atoms with Crippen molar-refractivity contribution in [2.75, 3.05) is 42.6 Å². The second-order valence-electron chi connectivity index (χ2n) is 6.76. The first-order chi connectivity index (χ1) is 11.4. The third-order valence-electron chi connectivity index (χ3n) is 4.88. The van der Waals surface area contributed by atoms with Gasteiger partial charge < -0.3 is 15.1 Å². The summed E-state index contributed by atoms with van der Waals surface area (Å²) >= 11 is 0. The zero-order valence-corrected chi connectivity index (χ0v) is 15.1. The summed E-state index contributed by atoms with van der Waals surface area (Å²) < 4.78 is 23.0. The van der Waals surface area contributed by atoms with E-state index < -0.39 is 9.84 Å². The predicted molar refractivity (Wildman–Crippen MR) is 95.3 cm³/mol. The summed E-state index contributed by atoms with van der Waals surface area (Å²) in [5.74, 6) is 0.249. The Bertz CT molecular complexity index is 704. The Morgan fingerprint density at radius 1 is 1.12 bits per heavy atom. The molecule has 2 aliphatic heterocycles. The Morgan fingerprint density at radius 2 is 1.75 bits per heavy atom. The van der Waals surface area contributed by atoms with E-state index in [2.05, 4.69) is 42.3 Å². The van der Waals surface area contributed by atoms with E-state index in [1.807, 2.05) is 0 Å². The summed E-state index contributed by atoms with van der Waals surface area (Å²) in [5.41, 5.74) is 3.77. The molecule has 1 N–H and O–H groups in total. The number of anilines is 1.